The molecule has 1 aromatic rings. The molecule has 2 rings (SSSR count). The van der Waals surface area contributed by atoms with E-state index in [0.29, 0.717) is 0 Å². The Labute approximate surface area is 115 Å². The van der Waals surface area contributed by atoms with Crippen LogP contribution in [0.25, 0.3) is 0 Å². The van der Waals surface area contributed by atoms with Gasteiger partial charge in [0.2, 0.25) is 11.8 Å². The highest BCUT2D eigenvalue weighted by Gasteiger charge is 2.35. The van der Waals surface area contributed by atoms with Gasteiger partial charge in [0.25, 0.3) is 0 Å². The van der Waals surface area contributed by atoms with E-state index in [0.717, 1.165) is 18.2 Å². The highest BCUT2D eigenvalue weighted by Crippen LogP contribution is 2.26. The van der Waals surface area contributed by atoms with E-state index in [1.165, 1.54) is 4.90 Å². The van der Waals surface area contributed by atoms with Crippen LogP contribution in [-0.2, 0) is 9.59 Å². The van der Waals surface area contributed by atoms with Crippen molar-refractivity contribution in [2.75, 3.05) is 11.4 Å². The molecule has 0 bridgehead atoms. The Morgan fingerprint density at radius 1 is 1.30 bits per heavy atom. The van der Waals surface area contributed by atoms with E-state index in [2.05, 4.69) is 5.32 Å². The molecule has 1 N–H and O–H groups in total. The monoisotopic (exact) mass is 282 g/mol. The number of hydrogen-bond donors (Lipinski definition) is 1. The maximum Gasteiger partial charge on any atom is 0.227 e. The molecule has 1 aliphatic heterocycles. The number of anilines is 1. The van der Waals surface area contributed by atoms with Crippen LogP contribution in [0.2, 0.25) is 0 Å². The van der Waals surface area contributed by atoms with Crippen LogP contribution in [0.15, 0.2) is 18.2 Å². The first kappa shape index (κ1) is 14.4. The van der Waals surface area contributed by atoms with Gasteiger partial charge in [0, 0.05) is 30.8 Å². The first-order valence-electron chi connectivity index (χ1n) is 6.43. The molecule has 4 nitrogen and oxygen atoms in total. The Balaban J connectivity index is 2.15. The molecule has 1 fully saturated rings. The summed E-state index contributed by atoms with van der Waals surface area (Å²) in [5.41, 5.74) is 0.146. The van der Waals surface area contributed by atoms with Gasteiger partial charge in [-0.05, 0) is 26.0 Å². The van der Waals surface area contributed by atoms with Crippen molar-refractivity contribution in [1.82, 2.24) is 5.32 Å². The normalized spacial score (nSPS) is 18.8. The number of amides is 2. The van der Waals surface area contributed by atoms with E-state index in [4.69, 9.17) is 0 Å². The van der Waals surface area contributed by atoms with Crippen LogP contribution in [0, 0.1) is 17.6 Å². The Morgan fingerprint density at radius 2 is 1.90 bits per heavy atom. The van der Waals surface area contributed by atoms with Gasteiger partial charge < -0.3 is 10.2 Å². The molecule has 108 valence electrons. The van der Waals surface area contributed by atoms with Crippen LogP contribution >= 0.6 is 0 Å². The number of benzene rings is 1. The Bertz CT molecular complexity index is 526. The summed E-state index contributed by atoms with van der Waals surface area (Å²) < 4.78 is 26.4. The lowest BCUT2D eigenvalue weighted by Gasteiger charge is -2.17. The third kappa shape index (κ3) is 3.12. The van der Waals surface area contributed by atoms with E-state index in [1.807, 2.05) is 13.8 Å². The molecule has 20 heavy (non-hydrogen) atoms. The maximum absolute atomic E-state index is 13.2. The molecule has 0 saturated carbocycles. The number of halogens is 2. The lowest BCUT2D eigenvalue weighted by atomic mass is 10.1. The van der Waals surface area contributed by atoms with Crippen molar-refractivity contribution in [3.05, 3.63) is 29.8 Å². The predicted molar refractivity (Wildman–Crippen MR) is 70.1 cm³/mol. The van der Waals surface area contributed by atoms with Crippen molar-refractivity contribution in [2.45, 2.75) is 26.3 Å². The average molecular weight is 282 g/mol. The molecule has 1 saturated heterocycles. The number of hydrogen-bond acceptors (Lipinski definition) is 2. The fraction of sp³-hybridized carbons (Fsp3) is 0.429. The van der Waals surface area contributed by atoms with Gasteiger partial charge in [0.15, 0.2) is 0 Å². The standard InChI is InChI=1S/C14H16F2N2O2/c1-8(2)17-14(20)9-3-13(19)18(7-9)12-5-10(15)4-11(16)6-12/h4-6,8-9H,3,7H2,1-2H3,(H,17,20)/t9-/m0/s1. The highest BCUT2D eigenvalue weighted by atomic mass is 19.1. The van der Waals surface area contributed by atoms with Crippen LogP contribution in [0.4, 0.5) is 14.5 Å². The van der Waals surface area contributed by atoms with Crippen molar-refractivity contribution < 1.29 is 18.4 Å². The third-order valence-electron chi connectivity index (χ3n) is 3.09. The van der Waals surface area contributed by atoms with Crippen molar-refractivity contribution in [2.24, 2.45) is 5.92 Å². The minimum absolute atomic E-state index is 0.0155. The summed E-state index contributed by atoms with van der Waals surface area (Å²) in [7, 11) is 0. The van der Waals surface area contributed by atoms with E-state index in [-0.39, 0.29) is 36.5 Å². The summed E-state index contributed by atoms with van der Waals surface area (Å²) in [5, 5.41) is 2.73. The van der Waals surface area contributed by atoms with Gasteiger partial charge in [-0.1, -0.05) is 0 Å². The molecule has 0 aliphatic carbocycles. The molecule has 1 heterocycles. The van der Waals surface area contributed by atoms with Crippen LogP contribution in [0.1, 0.15) is 20.3 Å². The Hall–Kier alpha value is -1.98. The molecule has 0 unspecified atom stereocenters. The topological polar surface area (TPSA) is 49.4 Å². The van der Waals surface area contributed by atoms with Crippen LogP contribution in [-0.4, -0.2) is 24.4 Å². The lowest BCUT2D eigenvalue weighted by Crippen LogP contribution is -2.37. The van der Waals surface area contributed by atoms with E-state index < -0.39 is 17.6 Å². The largest absolute Gasteiger partial charge is 0.354 e. The van der Waals surface area contributed by atoms with E-state index >= 15 is 0 Å². The molecule has 0 spiro atoms. The Kier molecular flexibility index (Phi) is 4.01. The first-order valence-corrected chi connectivity index (χ1v) is 6.43. The van der Waals surface area contributed by atoms with Gasteiger partial charge in [-0.3, -0.25) is 9.59 Å². The van der Waals surface area contributed by atoms with Gasteiger partial charge in [-0.25, -0.2) is 8.78 Å². The fourth-order valence-electron chi connectivity index (χ4n) is 2.23. The summed E-state index contributed by atoms with van der Waals surface area (Å²) in [6.07, 6.45) is 0.0523. The second-order valence-electron chi connectivity index (χ2n) is 5.20. The van der Waals surface area contributed by atoms with Crippen LogP contribution < -0.4 is 10.2 Å². The quantitative estimate of drug-likeness (QED) is 0.919. The van der Waals surface area contributed by atoms with Crippen molar-refractivity contribution in [3.63, 3.8) is 0 Å². The molecule has 1 aliphatic rings. The Morgan fingerprint density at radius 3 is 2.45 bits per heavy atom. The average Bonchev–Trinajstić information content (AvgIpc) is 2.69. The third-order valence-corrected chi connectivity index (χ3v) is 3.09. The molecule has 0 radical (unpaired) electrons. The van der Waals surface area contributed by atoms with Crippen molar-refractivity contribution in [3.8, 4) is 0 Å². The van der Waals surface area contributed by atoms with Gasteiger partial charge in [-0.15, -0.1) is 0 Å². The van der Waals surface area contributed by atoms with Gasteiger partial charge in [0.05, 0.1) is 5.92 Å². The summed E-state index contributed by atoms with van der Waals surface area (Å²) in [5.74, 6) is -2.51. The zero-order valence-corrected chi connectivity index (χ0v) is 11.3. The SMILES string of the molecule is CC(C)NC(=O)[C@H]1CC(=O)N(c2cc(F)cc(F)c2)C1. The van der Waals surface area contributed by atoms with Crippen LogP contribution in [0.3, 0.4) is 0 Å². The molecular formula is C14H16F2N2O2. The molecule has 6 heteroatoms. The van der Waals surface area contributed by atoms with Gasteiger partial charge in [0.1, 0.15) is 11.6 Å². The zero-order chi connectivity index (χ0) is 14.9. The second-order valence-corrected chi connectivity index (χ2v) is 5.20. The molecule has 0 aromatic heterocycles. The minimum atomic E-state index is -0.747. The maximum atomic E-state index is 13.2. The lowest BCUT2D eigenvalue weighted by molar-refractivity contribution is -0.126. The van der Waals surface area contributed by atoms with Crippen molar-refractivity contribution in [1.29, 1.82) is 0 Å². The van der Waals surface area contributed by atoms with Crippen LogP contribution in [0.5, 0.6) is 0 Å². The number of rotatable bonds is 3. The number of nitrogens with one attached hydrogen (secondary N) is 1. The summed E-state index contributed by atoms with van der Waals surface area (Å²) in [4.78, 5) is 25.0. The van der Waals surface area contributed by atoms with E-state index in [1.54, 1.807) is 0 Å². The second kappa shape index (κ2) is 5.56. The first-order chi connectivity index (χ1) is 9.36. The van der Waals surface area contributed by atoms with Gasteiger partial charge in [-0.2, -0.15) is 0 Å². The smallest absolute Gasteiger partial charge is 0.227 e. The molecule has 2 amide bonds. The minimum Gasteiger partial charge on any atom is -0.354 e. The number of nitrogens with zero attached hydrogens (tertiary/aromatic N) is 1. The van der Waals surface area contributed by atoms with Gasteiger partial charge >= 0.3 is 0 Å². The number of carbonyl (C=O) groups excluding carboxylic acids is 2. The van der Waals surface area contributed by atoms with Crippen molar-refractivity contribution >= 4 is 17.5 Å². The molecule has 1 atom stereocenters. The summed E-state index contributed by atoms with van der Waals surface area (Å²) >= 11 is 0. The predicted octanol–water partition coefficient (Wildman–Crippen LogP) is 1.84. The number of carbonyl (C=O) groups is 2. The highest BCUT2D eigenvalue weighted by molar-refractivity contribution is 6.00. The molecule has 1 aromatic carbocycles. The zero-order valence-electron chi connectivity index (χ0n) is 11.3. The summed E-state index contributed by atoms with van der Waals surface area (Å²) in [6.45, 7) is 3.79. The summed E-state index contributed by atoms with van der Waals surface area (Å²) in [6, 6.07) is 2.90. The van der Waals surface area contributed by atoms with E-state index in [9.17, 15) is 18.4 Å². The fourth-order valence-corrected chi connectivity index (χ4v) is 2.23. The molecular weight excluding hydrogens is 266 g/mol.